The number of hydrogen-bond acceptors (Lipinski definition) is 4. The standard InChI is InChI=1S/C18H23N3OS/c1-13-7-6-8-16(14(13)2)17(22)20-18-19-15(12-23-18)11-21-9-4-3-5-10-21/h6-8,12H,3-5,9-11H2,1-2H3,(H,19,20,22). The fourth-order valence-electron chi connectivity index (χ4n) is 2.95. The molecule has 1 aliphatic rings. The van der Waals surface area contributed by atoms with E-state index in [0.717, 1.165) is 42.0 Å². The number of anilines is 1. The average Bonchev–Trinajstić information content (AvgIpc) is 2.98. The molecular formula is C18H23N3OS. The lowest BCUT2D eigenvalue weighted by Gasteiger charge is -2.25. The Morgan fingerprint density at radius 1 is 1.26 bits per heavy atom. The van der Waals surface area contributed by atoms with Gasteiger partial charge in [-0.05, 0) is 57.0 Å². The van der Waals surface area contributed by atoms with Crippen LogP contribution in [0, 0.1) is 13.8 Å². The van der Waals surface area contributed by atoms with Crippen LogP contribution in [0.25, 0.3) is 0 Å². The van der Waals surface area contributed by atoms with Crippen LogP contribution in [0.1, 0.15) is 46.4 Å². The minimum atomic E-state index is -0.0786. The Morgan fingerprint density at radius 3 is 2.83 bits per heavy atom. The number of thiazole rings is 1. The first-order valence-electron chi connectivity index (χ1n) is 8.18. The molecule has 4 nitrogen and oxygen atoms in total. The van der Waals surface area contributed by atoms with Gasteiger partial charge in [0.05, 0.1) is 5.69 Å². The first-order valence-corrected chi connectivity index (χ1v) is 9.06. The summed E-state index contributed by atoms with van der Waals surface area (Å²) >= 11 is 1.50. The first-order chi connectivity index (χ1) is 11.1. The lowest BCUT2D eigenvalue weighted by molar-refractivity contribution is 0.102. The van der Waals surface area contributed by atoms with Crippen molar-refractivity contribution in [2.75, 3.05) is 18.4 Å². The second-order valence-electron chi connectivity index (χ2n) is 6.18. The van der Waals surface area contributed by atoms with E-state index in [0.29, 0.717) is 5.13 Å². The number of rotatable bonds is 4. The molecule has 0 saturated carbocycles. The molecule has 1 saturated heterocycles. The predicted molar refractivity (Wildman–Crippen MR) is 95.1 cm³/mol. The first kappa shape index (κ1) is 16.1. The van der Waals surface area contributed by atoms with Crippen molar-refractivity contribution in [3.63, 3.8) is 0 Å². The van der Waals surface area contributed by atoms with E-state index in [1.165, 1.54) is 30.6 Å². The van der Waals surface area contributed by atoms with Crippen molar-refractivity contribution in [3.8, 4) is 0 Å². The number of piperidine rings is 1. The second kappa shape index (κ2) is 7.23. The molecule has 3 rings (SSSR count). The molecule has 23 heavy (non-hydrogen) atoms. The van der Waals surface area contributed by atoms with E-state index in [9.17, 15) is 4.79 Å². The molecule has 2 heterocycles. The number of nitrogens with one attached hydrogen (secondary N) is 1. The summed E-state index contributed by atoms with van der Waals surface area (Å²) in [5.41, 5.74) is 3.92. The summed E-state index contributed by atoms with van der Waals surface area (Å²) in [6, 6.07) is 5.80. The van der Waals surface area contributed by atoms with Gasteiger partial charge in [0.15, 0.2) is 5.13 Å². The highest BCUT2D eigenvalue weighted by molar-refractivity contribution is 7.13. The van der Waals surface area contributed by atoms with Crippen LogP contribution in [0.15, 0.2) is 23.6 Å². The third kappa shape index (κ3) is 3.98. The number of benzene rings is 1. The predicted octanol–water partition coefficient (Wildman–Crippen LogP) is 4.00. The van der Waals surface area contributed by atoms with Gasteiger partial charge in [0.25, 0.3) is 5.91 Å². The highest BCUT2D eigenvalue weighted by Gasteiger charge is 2.15. The molecule has 0 radical (unpaired) electrons. The topological polar surface area (TPSA) is 45.2 Å². The van der Waals surface area contributed by atoms with Crippen LogP contribution in [0.2, 0.25) is 0 Å². The molecule has 1 fully saturated rings. The number of aromatic nitrogens is 1. The zero-order chi connectivity index (χ0) is 16.2. The number of likely N-dealkylation sites (tertiary alicyclic amines) is 1. The molecule has 1 aromatic carbocycles. The highest BCUT2D eigenvalue weighted by Crippen LogP contribution is 2.20. The Labute approximate surface area is 141 Å². The second-order valence-corrected chi connectivity index (χ2v) is 7.04. The van der Waals surface area contributed by atoms with Crippen molar-refractivity contribution < 1.29 is 4.79 Å². The Hall–Kier alpha value is -1.72. The summed E-state index contributed by atoms with van der Waals surface area (Å²) in [6.07, 6.45) is 3.89. The van der Waals surface area contributed by atoms with E-state index in [2.05, 4.69) is 15.2 Å². The largest absolute Gasteiger partial charge is 0.298 e. The molecule has 2 aromatic rings. The van der Waals surface area contributed by atoms with Gasteiger partial charge in [-0.25, -0.2) is 4.98 Å². The maximum absolute atomic E-state index is 12.4. The van der Waals surface area contributed by atoms with Gasteiger partial charge in [-0.1, -0.05) is 18.6 Å². The van der Waals surface area contributed by atoms with Crippen LogP contribution in [-0.2, 0) is 6.54 Å². The number of amides is 1. The lowest BCUT2D eigenvalue weighted by Crippen LogP contribution is -2.29. The molecule has 1 aliphatic heterocycles. The van der Waals surface area contributed by atoms with E-state index in [1.54, 1.807) is 0 Å². The number of nitrogens with zero attached hydrogens (tertiary/aromatic N) is 2. The number of hydrogen-bond donors (Lipinski definition) is 1. The molecule has 0 spiro atoms. The fraction of sp³-hybridized carbons (Fsp3) is 0.444. The number of carbonyl (C=O) groups is 1. The zero-order valence-electron chi connectivity index (χ0n) is 13.8. The van der Waals surface area contributed by atoms with Crippen LogP contribution in [-0.4, -0.2) is 28.9 Å². The SMILES string of the molecule is Cc1cccc(C(=O)Nc2nc(CN3CCCCC3)cs2)c1C. The van der Waals surface area contributed by atoms with Crippen LogP contribution in [0.4, 0.5) is 5.13 Å². The van der Waals surface area contributed by atoms with E-state index in [4.69, 9.17) is 0 Å². The zero-order valence-corrected chi connectivity index (χ0v) is 14.6. The van der Waals surface area contributed by atoms with Crippen molar-refractivity contribution in [1.29, 1.82) is 0 Å². The van der Waals surface area contributed by atoms with Crippen molar-refractivity contribution in [2.45, 2.75) is 39.7 Å². The summed E-state index contributed by atoms with van der Waals surface area (Å²) in [7, 11) is 0. The molecule has 5 heteroatoms. The summed E-state index contributed by atoms with van der Waals surface area (Å²) in [5, 5.41) is 5.67. The van der Waals surface area contributed by atoms with Gasteiger partial charge in [-0.3, -0.25) is 15.0 Å². The van der Waals surface area contributed by atoms with Gasteiger partial charge in [-0.2, -0.15) is 0 Å². The van der Waals surface area contributed by atoms with Gasteiger partial charge in [0, 0.05) is 17.5 Å². The van der Waals surface area contributed by atoms with Crippen molar-refractivity contribution >= 4 is 22.4 Å². The summed E-state index contributed by atoms with van der Waals surface area (Å²) < 4.78 is 0. The van der Waals surface area contributed by atoms with E-state index >= 15 is 0 Å². The fourth-order valence-corrected chi connectivity index (χ4v) is 3.64. The molecule has 0 unspecified atom stereocenters. The quantitative estimate of drug-likeness (QED) is 0.922. The minimum absolute atomic E-state index is 0.0786. The molecule has 0 aliphatic carbocycles. The summed E-state index contributed by atoms with van der Waals surface area (Å²) in [4.78, 5) is 19.4. The number of aryl methyl sites for hydroxylation is 1. The van der Waals surface area contributed by atoms with Gasteiger partial charge >= 0.3 is 0 Å². The van der Waals surface area contributed by atoms with Crippen molar-refractivity contribution in [1.82, 2.24) is 9.88 Å². The van der Waals surface area contributed by atoms with Gasteiger partial charge < -0.3 is 0 Å². The van der Waals surface area contributed by atoms with E-state index in [1.807, 2.05) is 37.4 Å². The van der Waals surface area contributed by atoms with E-state index in [-0.39, 0.29) is 5.91 Å². The molecule has 0 atom stereocenters. The Kier molecular flexibility index (Phi) is 5.08. The molecule has 1 aromatic heterocycles. The van der Waals surface area contributed by atoms with Gasteiger partial charge in [0.2, 0.25) is 0 Å². The highest BCUT2D eigenvalue weighted by atomic mass is 32.1. The Bertz CT molecular complexity index is 689. The Morgan fingerprint density at radius 2 is 2.04 bits per heavy atom. The maximum Gasteiger partial charge on any atom is 0.257 e. The smallest absolute Gasteiger partial charge is 0.257 e. The van der Waals surface area contributed by atoms with E-state index < -0.39 is 0 Å². The third-order valence-corrected chi connectivity index (χ3v) is 5.26. The third-order valence-electron chi connectivity index (χ3n) is 4.46. The molecule has 0 bridgehead atoms. The van der Waals surface area contributed by atoms with Crippen molar-refractivity contribution in [2.24, 2.45) is 0 Å². The number of carbonyl (C=O) groups excluding carboxylic acids is 1. The molecule has 1 amide bonds. The minimum Gasteiger partial charge on any atom is -0.298 e. The Balaban J connectivity index is 1.64. The molecule has 1 N–H and O–H groups in total. The van der Waals surface area contributed by atoms with Crippen LogP contribution in [0.3, 0.4) is 0 Å². The molecule has 122 valence electrons. The lowest BCUT2D eigenvalue weighted by atomic mass is 10.0. The average molecular weight is 329 g/mol. The molecular weight excluding hydrogens is 306 g/mol. The van der Waals surface area contributed by atoms with Crippen LogP contribution >= 0.6 is 11.3 Å². The van der Waals surface area contributed by atoms with Crippen molar-refractivity contribution in [3.05, 3.63) is 46.0 Å². The van der Waals surface area contributed by atoms with Gasteiger partial charge in [-0.15, -0.1) is 11.3 Å². The monoisotopic (exact) mass is 329 g/mol. The van der Waals surface area contributed by atoms with Crippen LogP contribution in [0.5, 0.6) is 0 Å². The summed E-state index contributed by atoms with van der Waals surface area (Å²) in [6.45, 7) is 7.19. The normalized spacial score (nSPS) is 15.6. The van der Waals surface area contributed by atoms with Crippen LogP contribution < -0.4 is 5.32 Å². The van der Waals surface area contributed by atoms with Gasteiger partial charge in [0.1, 0.15) is 0 Å². The maximum atomic E-state index is 12.4. The summed E-state index contributed by atoms with van der Waals surface area (Å²) in [5.74, 6) is -0.0786.